The van der Waals surface area contributed by atoms with Crippen molar-refractivity contribution in [1.29, 1.82) is 0 Å². The summed E-state index contributed by atoms with van der Waals surface area (Å²) in [4.78, 5) is 0. The molecule has 88 valence electrons. The zero-order valence-electron chi connectivity index (χ0n) is 9.95. The summed E-state index contributed by atoms with van der Waals surface area (Å²) in [5.41, 5.74) is 2.74. The Balaban J connectivity index is 1.93. The van der Waals surface area contributed by atoms with E-state index in [1.807, 2.05) is 0 Å². The summed E-state index contributed by atoms with van der Waals surface area (Å²) < 4.78 is 0. The number of aliphatic hydroxyl groups is 1. The van der Waals surface area contributed by atoms with Crippen LogP contribution >= 0.6 is 0 Å². The minimum absolute atomic E-state index is 0.313. The first-order chi connectivity index (χ1) is 7.79. The lowest BCUT2D eigenvalue weighted by atomic mass is 10.0. The molecule has 2 heteroatoms. The fourth-order valence-electron chi connectivity index (χ4n) is 2.53. The van der Waals surface area contributed by atoms with E-state index in [0.717, 1.165) is 12.8 Å². The van der Waals surface area contributed by atoms with E-state index in [-0.39, 0.29) is 0 Å². The second kappa shape index (κ2) is 5.46. The lowest BCUT2D eigenvalue weighted by Crippen LogP contribution is -2.24. The van der Waals surface area contributed by atoms with Gasteiger partial charge in [-0.3, -0.25) is 0 Å². The van der Waals surface area contributed by atoms with Crippen LogP contribution < -0.4 is 5.32 Å². The van der Waals surface area contributed by atoms with Crippen LogP contribution in [-0.2, 0) is 0 Å². The van der Waals surface area contributed by atoms with Crippen LogP contribution in [0.5, 0.6) is 0 Å². The van der Waals surface area contributed by atoms with Gasteiger partial charge < -0.3 is 10.4 Å². The van der Waals surface area contributed by atoms with Crippen molar-refractivity contribution in [2.75, 3.05) is 6.61 Å². The zero-order valence-corrected chi connectivity index (χ0v) is 9.95. The third kappa shape index (κ3) is 2.83. The van der Waals surface area contributed by atoms with Crippen LogP contribution in [0.4, 0.5) is 0 Å². The maximum atomic E-state index is 8.82. The quantitative estimate of drug-likeness (QED) is 0.815. The molecule has 0 aromatic heterocycles. The van der Waals surface area contributed by atoms with Crippen LogP contribution in [0.3, 0.4) is 0 Å². The fourth-order valence-corrected chi connectivity index (χ4v) is 2.53. The molecule has 1 heterocycles. The highest BCUT2D eigenvalue weighted by molar-refractivity contribution is 5.25. The van der Waals surface area contributed by atoms with Crippen molar-refractivity contribution in [3.63, 3.8) is 0 Å². The number of hydrogen-bond acceptors (Lipinski definition) is 2. The second-order valence-electron chi connectivity index (χ2n) is 4.77. The van der Waals surface area contributed by atoms with Crippen molar-refractivity contribution in [3.05, 3.63) is 35.4 Å². The van der Waals surface area contributed by atoms with Crippen molar-refractivity contribution in [3.8, 4) is 0 Å². The Morgan fingerprint density at radius 1 is 1.38 bits per heavy atom. The summed E-state index contributed by atoms with van der Waals surface area (Å²) in [7, 11) is 0. The van der Waals surface area contributed by atoms with E-state index in [1.165, 1.54) is 24.0 Å². The molecule has 1 aliphatic heterocycles. The highest BCUT2D eigenvalue weighted by Gasteiger charge is 2.24. The van der Waals surface area contributed by atoms with Crippen LogP contribution in [0.15, 0.2) is 24.3 Å². The fraction of sp³-hybridized carbons (Fsp3) is 0.571. The molecule has 2 nitrogen and oxygen atoms in total. The maximum absolute atomic E-state index is 8.82. The molecular formula is C14H21NO. The molecule has 1 aliphatic rings. The van der Waals surface area contributed by atoms with Crippen molar-refractivity contribution < 1.29 is 5.11 Å². The van der Waals surface area contributed by atoms with Gasteiger partial charge in [-0.25, -0.2) is 0 Å². The summed E-state index contributed by atoms with van der Waals surface area (Å²) in [6.07, 6.45) is 4.47. The molecular weight excluding hydrogens is 198 g/mol. The normalized spacial score (nSPS) is 24.9. The number of nitrogens with one attached hydrogen (secondary N) is 1. The first-order valence-electron chi connectivity index (χ1n) is 6.23. The maximum Gasteiger partial charge on any atom is 0.0431 e. The van der Waals surface area contributed by atoms with Crippen molar-refractivity contribution in [1.82, 2.24) is 5.32 Å². The standard InChI is InChI=1S/C14H21NO/c1-11-4-2-5-12(10-11)14-8-7-13(15-14)6-3-9-16/h2,4-5,10,13-16H,3,6-9H2,1H3. The first kappa shape index (κ1) is 11.6. The number of hydrogen-bond donors (Lipinski definition) is 2. The van der Waals surface area contributed by atoms with Crippen LogP contribution in [0, 0.1) is 6.92 Å². The Labute approximate surface area is 97.7 Å². The third-order valence-corrected chi connectivity index (χ3v) is 3.40. The van der Waals surface area contributed by atoms with Crippen LogP contribution in [0.25, 0.3) is 0 Å². The minimum Gasteiger partial charge on any atom is -0.396 e. The number of benzene rings is 1. The molecule has 1 aromatic carbocycles. The van der Waals surface area contributed by atoms with Gasteiger partial charge in [0.2, 0.25) is 0 Å². The van der Waals surface area contributed by atoms with Crippen molar-refractivity contribution in [2.24, 2.45) is 0 Å². The number of aliphatic hydroxyl groups excluding tert-OH is 1. The lowest BCUT2D eigenvalue weighted by Gasteiger charge is -2.14. The molecule has 0 bridgehead atoms. The molecule has 0 aliphatic carbocycles. The molecule has 0 saturated carbocycles. The zero-order chi connectivity index (χ0) is 11.4. The molecule has 0 radical (unpaired) electrons. The van der Waals surface area contributed by atoms with Gasteiger partial charge in [0.15, 0.2) is 0 Å². The number of rotatable bonds is 4. The number of aryl methyl sites for hydroxylation is 1. The first-order valence-corrected chi connectivity index (χ1v) is 6.23. The predicted molar refractivity (Wildman–Crippen MR) is 66.4 cm³/mol. The van der Waals surface area contributed by atoms with E-state index in [2.05, 4.69) is 36.5 Å². The Morgan fingerprint density at radius 2 is 2.25 bits per heavy atom. The van der Waals surface area contributed by atoms with Gasteiger partial charge in [-0.1, -0.05) is 29.8 Å². The monoisotopic (exact) mass is 219 g/mol. The summed E-state index contributed by atoms with van der Waals surface area (Å²) in [5, 5.41) is 12.5. The van der Waals surface area contributed by atoms with Gasteiger partial charge in [0, 0.05) is 18.7 Å². The van der Waals surface area contributed by atoms with Crippen LogP contribution in [0.2, 0.25) is 0 Å². The topological polar surface area (TPSA) is 32.3 Å². The molecule has 16 heavy (non-hydrogen) atoms. The molecule has 2 N–H and O–H groups in total. The molecule has 1 saturated heterocycles. The summed E-state index contributed by atoms with van der Waals surface area (Å²) in [6.45, 7) is 2.45. The molecule has 2 atom stereocenters. The highest BCUT2D eigenvalue weighted by atomic mass is 16.2. The third-order valence-electron chi connectivity index (χ3n) is 3.40. The van der Waals surface area contributed by atoms with Gasteiger partial charge in [0.05, 0.1) is 0 Å². The Bertz CT molecular complexity index is 337. The van der Waals surface area contributed by atoms with E-state index in [9.17, 15) is 0 Å². The van der Waals surface area contributed by atoms with Gasteiger partial charge in [0.1, 0.15) is 0 Å². The van der Waals surface area contributed by atoms with E-state index < -0.39 is 0 Å². The Kier molecular flexibility index (Phi) is 3.97. The minimum atomic E-state index is 0.313. The second-order valence-corrected chi connectivity index (χ2v) is 4.77. The molecule has 0 spiro atoms. The van der Waals surface area contributed by atoms with Crippen LogP contribution in [-0.4, -0.2) is 17.8 Å². The Morgan fingerprint density at radius 3 is 3.00 bits per heavy atom. The average Bonchev–Trinajstić information content (AvgIpc) is 2.75. The van der Waals surface area contributed by atoms with Gasteiger partial charge in [-0.05, 0) is 38.2 Å². The van der Waals surface area contributed by atoms with E-state index in [1.54, 1.807) is 0 Å². The summed E-state index contributed by atoms with van der Waals surface area (Å²) >= 11 is 0. The van der Waals surface area contributed by atoms with Crippen LogP contribution in [0.1, 0.15) is 42.9 Å². The molecule has 1 aromatic rings. The van der Waals surface area contributed by atoms with Gasteiger partial charge in [-0.2, -0.15) is 0 Å². The van der Waals surface area contributed by atoms with Gasteiger partial charge >= 0.3 is 0 Å². The molecule has 2 unspecified atom stereocenters. The van der Waals surface area contributed by atoms with E-state index in [0.29, 0.717) is 18.7 Å². The highest BCUT2D eigenvalue weighted by Crippen LogP contribution is 2.28. The predicted octanol–water partition coefficient (Wildman–Crippen LogP) is 2.56. The van der Waals surface area contributed by atoms with Crippen molar-refractivity contribution in [2.45, 2.75) is 44.7 Å². The van der Waals surface area contributed by atoms with Crippen molar-refractivity contribution >= 4 is 0 Å². The smallest absolute Gasteiger partial charge is 0.0431 e. The Hall–Kier alpha value is -0.860. The molecule has 1 fully saturated rings. The molecule has 0 amide bonds. The SMILES string of the molecule is Cc1cccc(C2CCC(CCCO)N2)c1. The van der Waals surface area contributed by atoms with E-state index >= 15 is 0 Å². The largest absolute Gasteiger partial charge is 0.396 e. The molecule has 2 rings (SSSR count). The lowest BCUT2D eigenvalue weighted by molar-refractivity contribution is 0.276. The van der Waals surface area contributed by atoms with Gasteiger partial charge in [-0.15, -0.1) is 0 Å². The summed E-state index contributed by atoms with van der Waals surface area (Å²) in [6, 6.07) is 9.86. The average molecular weight is 219 g/mol. The summed E-state index contributed by atoms with van der Waals surface area (Å²) in [5.74, 6) is 0. The van der Waals surface area contributed by atoms with E-state index in [4.69, 9.17) is 5.11 Å². The van der Waals surface area contributed by atoms with Gasteiger partial charge in [0.25, 0.3) is 0 Å².